The monoisotopic (exact) mass is 175 g/mol. The summed E-state index contributed by atoms with van der Waals surface area (Å²) in [5.41, 5.74) is 8.79. The molecule has 1 atom stereocenters. The Morgan fingerprint density at radius 3 is 2.38 bits per heavy atom. The molecule has 0 unspecified atom stereocenters. The van der Waals surface area contributed by atoms with Crippen molar-refractivity contribution in [1.29, 1.82) is 0 Å². The summed E-state index contributed by atoms with van der Waals surface area (Å²) in [6.07, 6.45) is 3.74. The predicted molar refractivity (Wildman–Crippen MR) is 55.5 cm³/mol. The molecule has 1 aliphatic rings. The number of benzene rings is 1. The van der Waals surface area contributed by atoms with E-state index in [1.807, 2.05) is 0 Å². The van der Waals surface area contributed by atoms with E-state index in [1.165, 1.54) is 24.0 Å². The third kappa shape index (κ3) is 1.92. The molecule has 0 amide bonds. The standard InChI is InChI=1S/C12H17N/c1-2-9-3-5-10(6-4-9)12(13)11-7-8-11/h3-6,11-12H,2,7-8,13H2,1H3/t12-/m1/s1. The summed E-state index contributed by atoms with van der Waals surface area (Å²) < 4.78 is 0. The highest BCUT2D eigenvalue weighted by Gasteiger charge is 2.29. The van der Waals surface area contributed by atoms with E-state index < -0.39 is 0 Å². The second kappa shape index (κ2) is 3.51. The smallest absolute Gasteiger partial charge is 0.0323 e. The van der Waals surface area contributed by atoms with Crippen LogP contribution < -0.4 is 5.73 Å². The molecule has 0 saturated heterocycles. The van der Waals surface area contributed by atoms with Gasteiger partial charge in [0.15, 0.2) is 0 Å². The van der Waals surface area contributed by atoms with E-state index in [0.29, 0.717) is 0 Å². The summed E-state index contributed by atoms with van der Waals surface area (Å²) in [6.45, 7) is 2.18. The van der Waals surface area contributed by atoms with Gasteiger partial charge in [-0.25, -0.2) is 0 Å². The van der Waals surface area contributed by atoms with Crippen LogP contribution in [0.3, 0.4) is 0 Å². The van der Waals surface area contributed by atoms with Crippen LogP contribution in [0.1, 0.15) is 36.9 Å². The average Bonchev–Trinajstić information content (AvgIpc) is 3.00. The second-order valence-corrected chi connectivity index (χ2v) is 3.96. The first-order chi connectivity index (χ1) is 6.31. The van der Waals surface area contributed by atoms with Crippen molar-refractivity contribution in [3.05, 3.63) is 35.4 Å². The first-order valence-electron chi connectivity index (χ1n) is 5.15. The molecule has 1 heteroatoms. The molecule has 0 spiro atoms. The summed E-state index contributed by atoms with van der Waals surface area (Å²) in [5, 5.41) is 0. The molecule has 2 N–H and O–H groups in total. The van der Waals surface area contributed by atoms with Gasteiger partial charge < -0.3 is 5.73 Å². The fourth-order valence-corrected chi connectivity index (χ4v) is 1.70. The summed E-state index contributed by atoms with van der Waals surface area (Å²) >= 11 is 0. The number of nitrogens with two attached hydrogens (primary N) is 1. The Bertz CT molecular complexity index is 272. The maximum atomic E-state index is 6.09. The van der Waals surface area contributed by atoms with E-state index in [1.54, 1.807) is 0 Å². The summed E-state index contributed by atoms with van der Waals surface area (Å²) in [6, 6.07) is 9.03. The van der Waals surface area contributed by atoms with Crippen LogP contribution in [-0.2, 0) is 6.42 Å². The van der Waals surface area contributed by atoms with Crippen LogP contribution in [0, 0.1) is 5.92 Å². The lowest BCUT2D eigenvalue weighted by atomic mass is 10.0. The van der Waals surface area contributed by atoms with Crippen LogP contribution in [0.2, 0.25) is 0 Å². The first kappa shape index (κ1) is 8.76. The molecule has 1 aromatic carbocycles. The van der Waals surface area contributed by atoms with Crippen molar-refractivity contribution in [2.24, 2.45) is 11.7 Å². The molecule has 1 aromatic rings. The van der Waals surface area contributed by atoms with Gasteiger partial charge in [0.2, 0.25) is 0 Å². The van der Waals surface area contributed by atoms with Crippen molar-refractivity contribution in [3.63, 3.8) is 0 Å². The van der Waals surface area contributed by atoms with E-state index in [-0.39, 0.29) is 6.04 Å². The Morgan fingerprint density at radius 2 is 1.92 bits per heavy atom. The van der Waals surface area contributed by atoms with E-state index in [0.717, 1.165) is 12.3 Å². The zero-order chi connectivity index (χ0) is 9.26. The molecule has 13 heavy (non-hydrogen) atoms. The van der Waals surface area contributed by atoms with Gasteiger partial charge in [-0.2, -0.15) is 0 Å². The number of hydrogen-bond donors (Lipinski definition) is 1. The minimum Gasteiger partial charge on any atom is -0.324 e. The first-order valence-corrected chi connectivity index (χ1v) is 5.15. The SMILES string of the molecule is CCc1ccc([C@@H](N)C2CC2)cc1. The van der Waals surface area contributed by atoms with Gasteiger partial charge in [0.05, 0.1) is 0 Å². The van der Waals surface area contributed by atoms with Crippen LogP contribution in [-0.4, -0.2) is 0 Å². The van der Waals surface area contributed by atoms with Gasteiger partial charge in [0, 0.05) is 6.04 Å². The highest BCUT2D eigenvalue weighted by Crippen LogP contribution is 2.39. The van der Waals surface area contributed by atoms with Gasteiger partial charge >= 0.3 is 0 Å². The van der Waals surface area contributed by atoms with E-state index in [4.69, 9.17) is 5.73 Å². The Kier molecular flexibility index (Phi) is 2.36. The maximum absolute atomic E-state index is 6.09. The molecule has 0 heterocycles. The third-order valence-corrected chi connectivity index (χ3v) is 2.90. The summed E-state index contributed by atoms with van der Waals surface area (Å²) in [5.74, 6) is 0.757. The van der Waals surface area contributed by atoms with Crippen LogP contribution in [0.15, 0.2) is 24.3 Å². The molecule has 2 rings (SSSR count). The van der Waals surface area contributed by atoms with Crippen LogP contribution in [0.25, 0.3) is 0 Å². The predicted octanol–water partition coefficient (Wildman–Crippen LogP) is 2.66. The van der Waals surface area contributed by atoms with Crippen molar-refractivity contribution >= 4 is 0 Å². The molecule has 1 saturated carbocycles. The van der Waals surface area contributed by atoms with Crippen molar-refractivity contribution in [3.8, 4) is 0 Å². The molecular formula is C12H17N. The summed E-state index contributed by atoms with van der Waals surface area (Å²) in [4.78, 5) is 0. The molecule has 0 bridgehead atoms. The van der Waals surface area contributed by atoms with E-state index >= 15 is 0 Å². The Hall–Kier alpha value is -0.820. The summed E-state index contributed by atoms with van der Waals surface area (Å²) in [7, 11) is 0. The normalized spacial score (nSPS) is 18.6. The quantitative estimate of drug-likeness (QED) is 0.751. The fraction of sp³-hybridized carbons (Fsp3) is 0.500. The second-order valence-electron chi connectivity index (χ2n) is 3.96. The molecule has 0 radical (unpaired) electrons. The molecule has 1 aliphatic carbocycles. The largest absolute Gasteiger partial charge is 0.324 e. The van der Waals surface area contributed by atoms with Crippen molar-refractivity contribution in [1.82, 2.24) is 0 Å². The van der Waals surface area contributed by atoms with Crippen LogP contribution >= 0.6 is 0 Å². The van der Waals surface area contributed by atoms with Gasteiger partial charge in [-0.1, -0.05) is 31.2 Å². The Balaban J connectivity index is 2.11. The molecule has 1 fully saturated rings. The lowest BCUT2D eigenvalue weighted by Crippen LogP contribution is -2.12. The van der Waals surface area contributed by atoms with Crippen molar-refractivity contribution in [2.45, 2.75) is 32.2 Å². The minimum absolute atomic E-state index is 0.283. The Labute approximate surface area is 80.0 Å². The van der Waals surface area contributed by atoms with Crippen molar-refractivity contribution in [2.75, 3.05) is 0 Å². The zero-order valence-corrected chi connectivity index (χ0v) is 8.16. The molecule has 0 aromatic heterocycles. The third-order valence-electron chi connectivity index (χ3n) is 2.90. The lowest BCUT2D eigenvalue weighted by molar-refractivity contribution is 0.633. The van der Waals surface area contributed by atoms with E-state index in [2.05, 4.69) is 31.2 Å². The van der Waals surface area contributed by atoms with Gasteiger partial charge in [-0.3, -0.25) is 0 Å². The fourth-order valence-electron chi connectivity index (χ4n) is 1.70. The minimum atomic E-state index is 0.283. The molecule has 1 nitrogen and oxygen atoms in total. The molecular weight excluding hydrogens is 158 g/mol. The van der Waals surface area contributed by atoms with Crippen LogP contribution in [0.4, 0.5) is 0 Å². The lowest BCUT2D eigenvalue weighted by Gasteiger charge is -2.10. The topological polar surface area (TPSA) is 26.0 Å². The molecule has 70 valence electrons. The van der Waals surface area contributed by atoms with Crippen molar-refractivity contribution < 1.29 is 0 Å². The average molecular weight is 175 g/mol. The van der Waals surface area contributed by atoms with Gasteiger partial charge in [0.1, 0.15) is 0 Å². The molecule has 0 aliphatic heterocycles. The van der Waals surface area contributed by atoms with E-state index in [9.17, 15) is 0 Å². The highest BCUT2D eigenvalue weighted by molar-refractivity contribution is 5.25. The zero-order valence-electron chi connectivity index (χ0n) is 8.16. The van der Waals surface area contributed by atoms with Gasteiger partial charge in [0.25, 0.3) is 0 Å². The number of aryl methyl sites for hydroxylation is 1. The van der Waals surface area contributed by atoms with Gasteiger partial charge in [-0.15, -0.1) is 0 Å². The highest BCUT2D eigenvalue weighted by atomic mass is 14.7. The maximum Gasteiger partial charge on any atom is 0.0323 e. The van der Waals surface area contributed by atoms with Crippen LogP contribution in [0.5, 0.6) is 0 Å². The van der Waals surface area contributed by atoms with Gasteiger partial charge in [-0.05, 0) is 36.3 Å². The number of rotatable bonds is 3. The Morgan fingerprint density at radius 1 is 1.31 bits per heavy atom. The number of hydrogen-bond acceptors (Lipinski definition) is 1.